The van der Waals surface area contributed by atoms with Crippen LogP contribution in [0.25, 0.3) is 5.69 Å². The first kappa shape index (κ1) is 8.90. The Labute approximate surface area is 81.8 Å². The zero-order valence-corrected chi connectivity index (χ0v) is 7.88. The number of hydrogen-bond donors (Lipinski definition) is 1. The maximum Gasteiger partial charge on any atom is 0.109 e. The van der Waals surface area contributed by atoms with E-state index >= 15 is 0 Å². The summed E-state index contributed by atoms with van der Waals surface area (Å²) >= 11 is 0. The summed E-state index contributed by atoms with van der Waals surface area (Å²) in [4.78, 5) is 0. The number of aliphatic hydroxyl groups excluding tert-OH is 1. The van der Waals surface area contributed by atoms with Crippen LogP contribution in [0.5, 0.6) is 0 Å². The van der Waals surface area contributed by atoms with Gasteiger partial charge in [0, 0.05) is 0 Å². The Bertz CT molecular complexity index is 419. The number of aliphatic hydroxyl groups is 1. The molecule has 0 aliphatic rings. The van der Waals surface area contributed by atoms with E-state index in [-0.39, 0.29) is 6.61 Å². The second kappa shape index (κ2) is 3.59. The summed E-state index contributed by atoms with van der Waals surface area (Å²) in [5, 5.41) is 16.5. The molecule has 0 aliphatic carbocycles. The van der Waals surface area contributed by atoms with Crippen molar-refractivity contribution in [2.75, 3.05) is 0 Å². The quantitative estimate of drug-likeness (QED) is 0.768. The SMILES string of the molecule is Cc1ccc(-n2cc(CO)nn2)cc1. The minimum absolute atomic E-state index is 0.0775. The molecule has 14 heavy (non-hydrogen) atoms. The largest absolute Gasteiger partial charge is 0.390 e. The first-order valence-corrected chi connectivity index (χ1v) is 4.39. The highest BCUT2D eigenvalue weighted by molar-refractivity contribution is 5.33. The standard InChI is InChI=1S/C10H11N3O/c1-8-2-4-10(5-3-8)13-6-9(7-14)11-12-13/h2-6,14H,7H2,1H3. The van der Waals surface area contributed by atoms with Gasteiger partial charge in [-0.25, -0.2) is 4.68 Å². The van der Waals surface area contributed by atoms with Gasteiger partial charge in [-0.05, 0) is 19.1 Å². The van der Waals surface area contributed by atoms with E-state index in [2.05, 4.69) is 10.3 Å². The molecule has 0 radical (unpaired) electrons. The highest BCUT2D eigenvalue weighted by Gasteiger charge is 2.00. The molecule has 1 N–H and O–H groups in total. The summed E-state index contributed by atoms with van der Waals surface area (Å²) in [5.74, 6) is 0. The van der Waals surface area contributed by atoms with E-state index in [9.17, 15) is 0 Å². The first-order valence-electron chi connectivity index (χ1n) is 4.39. The smallest absolute Gasteiger partial charge is 0.109 e. The van der Waals surface area contributed by atoms with E-state index in [1.165, 1.54) is 5.56 Å². The molecule has 0 bridgehead atoms. The molecule has 2 aromatic rings. The lowest BCUT2D eigenvalue weighted by atomic mass is 10.2. The van der Waals surface area contributed by atoms with E-state index in [1.807, 2.05) is 31.2 Å². The Balaban J connectivity index is 2.34. The van der Waals surface area contributed by atoms with Gasteiger partial charge >= 0.3 is 0 Å². The normalized spacial score (nSPS) is 10.4. The van der Waals surface area contributed by atoms with Crippen molar-refractivity contribution in [3.63, 3.8) is 0 Å². The average Bonchev–Trinajstić information content (AvgIpc) is 2.67. The fraction of sp³-hybridized carbons (Fsp3) is 0.200. The van der Waals surface area contributed by atoms with Crippen LogP contribution in [0.2, 0.25) is 0 Å². The Morgan fingerprint density at radius 1 is 1.29 bits per heavy atom. The van der Waals surface area contributed by atoms with Gasteiger partial charge in [-0.1, -0.05) is 22.9 Å². The number of nitrogens with zero attached hydrogens (tertiary/aromatic N) is 3. The summed E-state index contributed by atoms with van der Waals surface area (Å²) in [6, 6.07) is 7.95. The van der Waals surface area contributed by atoms with Gasteiger partial charge in [0.2, 0.25) is 0 Å². The topological polar surface area (TPSA) is 50.9 Å². The minimum atomic E-state index is -0.0775. The second-order valence-corrected chi connectivity index (χ2v) is 3.15. The molecular weight excluding hydrogens is 178 g/mol. The number of hydrogen-bond acceptors (Lipinski definition) is 3. The monoisotopic (exact) mass is 189 g/mol. The maximum atomic E-state index is 8.83. The lowest BCUT2D eigenvalue weighted by molar-refractivity contribution is 0.276. The zero-order valence-electron chi connectivity index (χ0n) is 7.88. The number of aromatic nitrogens is 3. The van der Waals surface area contributed by atoms with Crippen LogP contribution in [0, 0.1) is 6.92 Å². The van der Waals surface area contributed by atoms with Gasteiger partial charge in [-0.2, -0.15) is 0 Å². The molecule has 4 heteroatoms. The van der Waals surface area contributed by atoms with Crippen molar-refractivity contribution in [1.82, 2.24) is 15.0 Å². The lowest BCUT2D eigenvalue weighted by Crippen LogP contribution is -1.94. The molecule has 0 unspecified atom stereocenters. The van der Waals surface area contributed by atoms with Gasteiger partial charge in [0.25, 0.3) is 0 Å². The summed E-state index contributed by atoms with van der Waals surface area (Å²) in [6.07, 6.45) is 1.71. The van der Waals surface area contributed by atoms with E-state index in [0.29, 0.717) is 5.69 Å². The maximum absolute atomic E-state index is 8.83. The fourth-order valence-corrected chi connectivity index (χ4v) is 1.19. The zero-order chi connectivity index (χ0) is 9.97. The van der Waals surface area contributed by atoms with Crippen LogP contribution in [-0.4, -0.2) is 20.1 Å². The Hall–Kier alpha value is -1.68. The van der Waals surface area contributed by atoms with Gasteiger partial charge in [0.05, 0.1) is 18.5 Å². The van der Waals surface area contributed by atoms with E-state index in [4.69, 9.17) is 5.11 Å². The van der Waals surface area contributed by atoms with Crippen LogP contribution in [0.4, 0.5) is 0 Å². The molecule has 0 aliphatic heterocycles. The predicted molar refractivity (Wildman–Crippen MR) is 52.0 cm³/mol. The van der Waals surface area contributed by atoms with Crippen LogP contribution in [0.15, 0.2) is 30.5 Å². The number of aryl methyl sites for hydroxylation is 1. The van der Waals surface area contributed by atoms with E-state index < -0.39 is 0 Å². The highest BCUT2D eigenvalue weighted by atomic mass is 16.3. The molecule has 0 fully saturated rings. The van der Waals surface area contributed by atoms with Crippen LogP contribution in [0.3, 0.4) is 0 Å². The van der Waals surface area contributed by atoms with Crippen molar-refractivity contribution in [2.24, 2.45) is 0 Å². The molecule has 0 spiro atoms. The molecular formula is C10H11N3O. The fourth-order valence-electron chi connectivity index (χ4n) is 1.19. The number of benzene rings is 1. The van der Waals surface area contributed by atoms with Crippen LogP contribution in [-0.2, 0) is 6.61 Å². The molecule has 0 amide bonds. The molecule has 1 aromatic heterocycles. The Morgan fingerprint density at radius 3 is 2.57 bits per heavy atom. The van der Waals surface area contributed by atoms with Gasteiger partial charge in [-0.3, -0.25) is 0 Å². The number of rotatable bonds is 2. The van der Waals surface area contributed by atoms with Crippen LogP contribution in [0.1, 0.15) is 11.3 Å². The van der Waals surface area contributed by atoms with Crippen molar-refractivity contribution in [2.45, 2.75) is 13.5 Å². The third kappa shape index (κ3) is 1.65. The van der Waals surface area contributed by atoms with Crippen molar-refractivity contribution >= 4 is 0 Å². The average molecular weight is 189 g/mol. The molecule has 1 aromatic carbocycles. The van der Waals surface area contributed by atoms with Gasteiger partial charge < -0.3 is 5.11 Å². The summed E-state index contributed by atoms with van der Waals surface area (Å²) in [6.45, 7) is 1.95. The van der Waals surface area contributed by atoms with Crippen LogP contribution >= 0.6 is 0 Å². The second-order valence-electron chi connectivity index (χ2n) is 3.15. The van der Waals surface area contributed by atoms with Gasteiger partial charge in [-0.15, -0.1) is 5.10 Å². The molecule has 1 heterocycles. The molecule has 72 valence electrons. The summed E-state index contributed by atoms with van der Waals surface area (Å²) in [5.41, 5.74) is 2.73. The third-order valence-electron chi connectivity index (χ3n) is 2.00. The van der Waals surface area contributed by atoms with Crippen molar-refractivity contribution < 1.29 is 5.11 Å². The van der Waals surface area contributed by atoms with Crippen molar-refractivity contribution in [3.05, 3.63) is 41.7 Å². The first-order chi connectivity index (χ1) is 6.79. The summed E-state index contributed by atoms with van der Waals surface area (Å²) in [7, 11) is 0. The molecule has 4 nitrogen and oxygen atoms in total. The summed E-state index contributed by atoms with van der Waals surface area (Å²) < 4.78 is 1.64. The Kier molecular flexibility index (Phi) is 2.28. The molecule has 0 atom stereocenters. The highest BCUT2D eigenvalue weighted by Crippen LogP contribution is 2.08. The van der Waals surface area contributed by atoms with Crippen molar-refractivity contribution in [3.8, 4) is 5.69 Å². The Morgan fingerprint density at radius 2 is 2.00 bits per heavy atom. The molecule has 0 saturated carbocycles. The lowest BCUT2D eigenvalue weighted by Gasteiger charge is -1.99. The van der Waals surface area contributed by atoms with E-state index in [0.717, 1.165) is 5.69 Å². The van der Waals surface area contributed by atoms with Crippen LogP contribution < -0.4 is 0 Å². The predicted octanol–water partition coefficient (Wildman–Crippen LogP) is 1.07. The van der Waals surface area contributed by atoms with Gasteiger partial charge in [0.15, 0.2) is 0 Å². The third-order valence-corrected chi connectivity index (χ3v) is 2.00. The minimum Gasteiger partial charge on any atom is -0.390 e. The van der Waals surface area contributed by atoms with Crippen molar-refractivity contribution in [1.29, 1.82) is 0 Å². The molecule has 2 rings (SSSR count). The van der Waals surface area contributed by atoms with E-state index in [1.54, 1.807) is 10.9 Å². The van der Waals surface area contributed by atoms with Gasteiger partial charge in [0.1, 0.15) is 5.69 Å². The molecule has 0 saturated heterocycles.